The molecule has 1 aliphatic rings. The molecule has 0 bridgehead atoms. The Balaban J connectivity index is 1.88. The van der Waals surface area contributed by atoms with Gasteiger partial charge in [-0.25, -0.2) is 4.68 Å². The van der Waals surface area contributed by atoms with E-state index in [0.29, 0.717) is 11.8 Å². The van der Waals surface area contributed by atoms with Crippen molar-refractivity contribution in [3.8, 4) is 5.75 Å². The maximum Gasteiger partial charge on any atom is 0.139 e. The fourth-order valence-corrected chi connectivity index (χ4v) is 3.62. The minimum Gasteiger partial charge on any atom is -0.497 e. The second-order valence-electron chi connectivity index (χ2n) is 5.74. The molecule has 0 saturated carbocycles. The van der Waals surface area contributed by atoms with Gasteiger partial charge in [-0.1, -0.05) is 26.0 Å². The second-order valence-corrected chi connectivity index (χ2v) is 6.53. The van der Waals surface area contributed by atoms with Gasteiger partial charge in [-0.3, -0.25) is 0 Å². The minimum atomic E-state index is 0.402. The number of methoxy groups -OCH3 is 1. The summed E-state index contributed by atoms with van der Waals surface area (Å²) in [6, 6.07) is 8.29. The zero-order chi connectivity index (χ0) is 15.0. The molecule has 1 aromatic carbocycles. The molecule has 1 aromatic heterocycles. The van der Waals surface area contributed by atoms with Crippen molar-refractivity contribution in [3.05, 3.63) is 40.0 Å². The minimum absolute atomic E-state index is 0.402. The molecule has 0 spiro atoms. The van der Waals surface area contributed by atoms with Gasteiger partial charge >= 0.3 is 0 Å². The monoisotopic (exact) mass is 349 g/mol. The number of aromatic nitrogens is 2. The van der Waals surface area contributed by atoms with E-state index in [1.807, 2.05) is 12.1 Å². The number of nitrogens with zero attached hydrogens (tertiary/aromatic N) is 2. The van der Waals surface area contributed by atoms with E-state index in [1.54, 1.807) is 7.11 Å². The Kier molecular flexibility index (Phi) is 3.93. The molecule has 4 nitrogen and oxygen atoms in total. The Labute approximate surface area is 133 Å². The summed E-state index contributed by atoms with van der Waals surface area (Å²) in [7, 11) is 1.70. The SMILES string of the molecule is COc1cccc(C2CNc3c(Br)c(C(C)C)nn3C2)c1. The summed E-state index contributed by atoms with van der Waals surface area (Å²) in [6.45, 7) is 6.13. The molecule has 1 atom stereocenters. The average Bonchev–Trinajstić information content (AvgIpc) is 2.84. The van der Waals surface area contributed by atoms with Crippen molar-refractivity contribution < 1.29 is 4.74 Å². The fourth-order valence-electron chi connectivity index (χ4n) is 2.74. The van der Waals surface area contributed by atoms with E-state index in [2.05, 4.69) is 51.9 Å². The van der Waals surface area contributed by atoms with E-state index in [9.17, 15) is 0 Å². The lowest BCUT2D eigenvalue weighted by molar-refractivity contribution is 0.412. The lowest BCUT2D eigenvalue weighted by Gasteiger charge is -2.25. The third-order valence-corrected chi connectivity index (χ3v) is 4.72. The molecule has 21 heavy (non-hydrogen) atoms. The highest BCUT2D eigenvalue weighted by Gasteiger charge is 2.25. The van der Waals surface area contributed by atoms with Gasteiger partial charge in [0.1, 0.15) is 11.6 Å². The molecule has 0 saturated heterocycles. The summed E-state index contributed by atoms with van der Waals surface area (Å²) < 4.78 is 8.49. The van der Waals surface area contributed by atoms with Crippen LogP contribution >= 0.6 is 15.9 Å². The third-order valence-electron chi connectivity index (χ3n) is 3.94. The van der Waals surface area contributed by atoms with Crippen molar-refractivity contribution >= 4 is 21.7 Å². The lowest BCUT2D eigenvalue weighted by atomic mass is 9.97. The van der Waals surface area contributed by atoms with E-state index in [1.165, 1.54) is 5.56 Å². The number of nitrogens with one attached hydrogen (secondary N) is 1. The summed E-state index contributed by atoms with van der Waals surface area (Å²) in [4.78, 5) is 0. The van der Waals surface area contributed by atoms with E-state index in [4.69, 9.17) is 9.84 Å². The number of benzene rings is 1. The number of anilines is 1. The maximum absolute atomic E-state index is 5.32. The van der Waals surface area contributed by atoms with E-state index >= 15 is 0 Å². The quantitative estimate of drug-likeness (QED) is 0.910. The molecule has 0 amide bonds. The van der Waals surface area contributed by atoms with Crippen LogP contribution in [0.3, 0.4) is 0 Å². The second kappa shape index (κ2) is 5.72. The van der Waals surface area contributed by atoms with Crippen LogP contribution in [0.2, 0.25) is 0 Å². The first kappa shape index (κ1) is 14.4. The molecule has 2 aromatic rings. The number of hydrogen-bond donors (Lipinski definition) is 1. The third kappa shape index (κ3) is 2.67. The molecule has 3 rings (SSSR count). The van der Waals surface area contributed by atoms with Gasteiger partial charge in [-0.15, -0.1) is 0 Å². The number of halogens is 1. The van der Waals surface area contributed by atoms with Crippen LogP contribution in [0.4, 0.5) is 5.82 Å². The van der Waals surface area contributed by atoms with Crippen LogP contribution in [0.15, 0.2) is 28.7 Å². The predicted octanol–water partition coefficient (Wildman–Crippen LogP) is 3.99. The largest absolute Gasteiger partial charge is 0.497 e. The van der Waals surface area contributed by atoms with Gasteiger partial charge in [-0.05, 0) is 39.5 Å². The highest BCUT2D eigenvalue weighted by Crippen LogP contribution is 2.36. The van der Waals surface area contributed by atoms with Crippen LogP contribution in [-0.2, 0) is 6.54 Å². The highest BCUT2D eigenvalue weighted by molar-refractivity contribution is 9.10. The van der Waals surface area contributed by atoms with Gasteiger partial charge in [0.15, 0.2) is 0 Å². The van der Waals surface area contributed by atoms with Gasteiger partial charge in [-0.2, -0.15) is 5.10 Å². The topological polar surface area (TPSA) is 39.1 Å². The summed E-state index contributed by atoms with van der Waals surface area (Å²) >= 11 is 3.67. The Morgan fingerprint density at radius 2 is 2.24 bits per heavy atom. The van der Waals surface area contributed by atoms with Crippen molar-refractivity contribution in [1.29, 1.82) is 0 Å². The van der Waals surface area contributed by atoms with Crippen molar-refractivity contribution in [3.63, 3.8) is 0 Å². The first-order valence-electron chi connectivity index (χ1n) is 7.24. The van der Waals surface area contributed by atoms with Crippen molar-refractivity contribution in [2.45, 2.75) is 32.2 Å². The standard InChI is InChI=1S/C16H20BrN3O/c1-10(2)15-14(17)16-18-8-12(9-20(16)19-15)11-5-4-6-13(7-11)21-3/h4-7,10,12,18H,8-9H2,1-3H3. The molecule has 1 N–H and O–H groups in total. The molecular weight excluding hydrogens is 330 g/mol. The number of hydrogen-bond acceptors (Lipinski definition) is 3. The van der Waals surface area contributed by atoms with Crippen LogP contribution in [0.1, 0.15) is 36.9 Å². The Morgan fingerprint density at radius 3 is 2.95 bits per heavy atom. The number of ether oxygens (including phenoxy) is 1. The molecule has 0 radical (unpaired) electrons. The molecule has 5 heteroatoms. The van der Waals surface area contributed by atoms with E-state index in [-0.39, 0.29) is 0 Å². The summed E-state index contributed by atoms with van der Waals surface area (Å²) in [5.74, 6) is 2.81. The Bertz CT molecular complexity index is 651. The smallest absolute Gasteiger partial charge is 0.139 e. The van der Waals surface area contributed by atoms with Crippen molar-refractivity contribution in [2.24, 2.45) is 0 Å². The molecule has 0 aliphatic carbocycles. The molecule has 1 unspecified atom stereocenters. The molecule has 112 valence electrons. The van der Waals surface area contributed by atoms with Crippen LogP contribution in [0.5, 0.6) is 5.75 Å². The average molecular weight is 350 g/mol. The summed E-state index contributed by atoms with van der Waals surface area (Å²) in [5, 5.41) is 8.25. The molecule has 2 heterocycles. The maximum atomic E-state index is 5.32. The van der Waals surface area contributed by atoms with Gasteiger partial charge in [0, 0.05) is 12.5 Å². The van der Waals surface area contributed by atoms with Gasteiger partial charge in [0.05, 0.1) is 23.8 Å². The first-order valence-corrected chi connectivity index (χ1v) is 8.03. The predicted molar refractivity (Wildman–Crippen MR) is 88.2 cm³/mol. The van der Waals surface area contributed by atoms with Crippen LogP contribution in [-0.4, -0.2) is 23.4 Å². The van der Waals surface area contributed by atoms with Crippen molar-refractivity contribution in [2.75, 3.05) is 19.0 Å². The lowest BCUT2D eigenvalue weighted by Crippen LogP contribution is -2.26. The molecular formula is C16H20BrN3O. The Hall–Kier alpha value is -1.49. The molecule has 0 fully saturated rings. The summed E-state index contributed by atoms with van der Waals surface area (Å²) in [6.07, 6.45) is 0. The van der Waals surface area contributed by atoms with Crippen LogP contribution in [0.25, 0.3) is 0 Å². The van der Waals surface area contributed by atoms with E-state index < -0.39 is 0 Å². The molecule has 1 aliphatic heterocycles. The van der Waals surface area contributed by atoms with Crippen molar-refractivity contribution in [1.82, 2.24) is 9.78 Å². The normalized spacial score (nSPS) is 17.5. The summed E-state index contributed by atoms with van der Waals surface area (Å²) in [5.41, 5.74) is 2.40. The zero-order valence-corrected chi connectivity index (χ0v) is 14.1. The van der Waals surface area contributed by atoms with Gasteiger partial charge in [0.25, 0.3) is 0 Å². The first-order chi connectivity index (χ1) is 10.1. The number of rotatable bonds is 3. The Morgan fingerprint density at radius 1 is 1.43 bits per heavy atom. The van der Waals surface area contributed by atoms with Gasteiger partial charge in [0.2, 0.25) is 0 Å². The fraction of sp³-hybridized carbons (Fsp3) is 0.438. The van der Waals surface area contributed by atoms with Gasteiger partial charge < -0.3 is 10.1 Å². The van der Waals surface area contributed by atoms with E-state index in [0.717, 1.165) is 34.8 Å². The van der Waals surface area contributed by atoms with Crippen LogP contribution < -0.4 is 10.1 Å². The zero-order valence-electron chi connectivity index (χ0n) is 12.6. The highest BCUT2D eigenvalue weighted by atomic mass is 79.9. The number of fused-ring (bicyclic) bond motifs is 1. The van der Waals surface area contributed by atoms with Crippen LogP contribution in [0, 0.1) is 0 Å².